The van der Waals surface area contributed by atoms with Gasteiger partial charge in [-0.3, -0.25) is 19.7 Å². The second-order valence-corrected chi connectivity index (χ2v) is 5.60. The third-order valence-electron chi connectivity index (χ3n) is 3.36. The van der Waals surface area contributed by atoms with Crippen molar-refractivity contribution in [1.29, 1.82) is 0 Å². The molecule has 0 spiro atoms. The zero-order valence-corrected chi connectivity index (χ0v) is 12.1. The lowest BCUT2D eigenvalue weighted by molar-refractivity contribution is -0.384. The van der Waals surface area contributed by atoms with Crippen molar-refractivity contribution in [2.75, 3.05) is 6.54 Å². The Hall–Kier alpha value is -1.86. The second kappa shape index (κ2) is 5.50. The molecule has 0 atom stereocenters. The zero-order valence-electron chi connectivity index (χ0n) is 10.6. The van der Waals surface area contributed by atoms with Crippen LogP contribution >= 0.6 is 23.2 Å². The Kier molecular flexibility index (Phi) is 4.06. The van der Waals surface area contributed by atoms with E-state index >= 15 is 0 Å². The predicted octanol–water partition coefficient (Wildman–Crippen LogP) is 2.50. The molecule has 0 unspecified atom stereocenters. The highest BCUT2D eigenvalue weighted by atomic mass is 35.5. The Balaban J connectivity index is 2.19. The second-order valence-electron chi connectivity index (χ2n) is 4.81. The van der Waals surface area contributed by atoms with Crippen molar-refractivity contribution < 1.29 is 19.6 Å². The summed E-state index contributed by atoms with van der Waals surface area (Å²) in [4.78, 5) is 33.1. The summed E-state index contributed by atoms with van der Waals surface area (Å²) in [5, 5.41) is 22.0. The first kappa shape index (κ1) is 15.5. The molecule has 0 aromatic heterocycles. The number of aliphatic carboxylic acids is 1. The van der Waals surface area contributed by atoms with Crippen molar-refractivity contribution in [3.05, 3.63) is 37.9 Å². The van der Waals surface area contributed by atoms with E-state index in [0.717, 1.165) is 12.1 Å². The van der Waals surface area contributed by atoms with Crippen LogP contribution in [-0.2, 0) is 4.79 Å². The van der Waals surface area contributed by atoms with E-state index < -0.39 is 22.2 Å². The average molecular weight is 333 g/mol. The minimum atomic E-state index is -0.981. The Labute approximate surface area is 129 Å². The highest BCUT2D eigenvalue weighted by molar-refractivity contribution is 6.44. The number of hydrogen-bond donors (Lipinski definition) is 2. The maximum atomic E-state index is 12.0. The fourth-order valence-corrected chi connectivity index (χ4v) is 2.22. The molecule has 112 valence electrons. The molecule has 2 N–H and O–H groups in total. The first-order chi connectivity index (χ1) is 9.77. The molecule has 1 saturated carbocycles. The minimum absolute atomic E-state index is 0.0577. The summed E-state index contributed by atoms with van der Waals surface area (Å²) in [5.41, 5.74) is -1.46. The van der Waals surface area contributed by atoms with Crippen molar-refractivity contribution in [2.24, 2.45) is 5.41 Å². The van der Waals surface area contributed by atoms with Crippen molar-refractivity contribution in [1.82, 2.24) is 5.32 Å². The molecule has 1 aliphatic carbocycles. The number of carbonyl (C=O) groups is 2. The van der Waals surface area contributed by atoms with Gasteiger partial charge in [0.1, 0.15) is 0 Å². The van der Waals surface area contributed by atoms with E-state index in [1.165, 1.54) is 0 Å². The lowest BCUT2D eigenvalue weighted by atomic mass is 10.1. The number of rotatable bonds is 5. The number of benzene rings is 1. The van der Waals surface area contributed by atoms with Crippen LogP contribution < -0.4 is 5.32 Å². The molecular formula is C12H10Cl2N2O5. The van der Waals surface area contributed by atoms with Crippen molar-refractivity contribution >= 4 is 40.8 Å². The topological polar surface area (TPSA) is 110 Å². The smallest absolute Gasteiger partial charge is 0.311 e. The molecule has 0 heterocycles. The van der Waals surface area contributed by atoms with Crippen LogP contribution in [0.3, 0.4) is 0 Å². The van der Waals surface area contributed by atoms with Gasteiger partial charge in [-0.15, -0.1) is 0 Å². The molecule has 2 rings (SSSR count). The number of carbonyl (C=O) groups excluding carboxylic acids is 1. The normalized spacial score (nSPS) is 15.3. The van der Waals surface area contributed by atoms with Gasteiger partial charge in [0.05, 0.1) is 25.9 Å². The van der Waals surface area contributed by atoms with Gasteiger partial charge < -0.3 is 10.4 Å². The highest BCUT2D eigenvalue weighted by Gasteiger charge is 2.50. The lowest BCUT2D eigenvalue weighted by Crippen LogP contribution is -2.34. The molecule has 0 radical (unpaired) electrons. The largest absolute Gasteiger partial charge is 0.481 e. The molecule has 1 aromatic carbocycles. The van der Waals surface area contributed by atoms with Crippen molar-refractivity contribution in [3.63, 3.8) is 0 Å². The van der Waals surface area contributed by atoms with E-state index in [0.29, 0.717) is 12.8 Å². The zero-order chi connectivity index (χ0) is 15.8. The lowest BCUT2D eigenvalue weighted by Gasteiger charge is -2.12. The van der Waals surface area contributed by atoms with Crippen LogP contribution in [-0.4, -0.2) is 28.5 Å². The molecule has 7 nitrogen and oxygen atoms in total. The van der Waals surface area contributed by atoms with Crippen molar-refractivity contribution in [2.45, 2.75) is 12.8 Å². The third kappa shape index (κ3) is 3.08. The fraction of sp³-hybridized carbons (Fsp3) is 0.333. The van der Waals surface area contributed by atoms with Crippen LogP contribution in [0.15, 0.2) is 12.1 Å². The molecule has 1 aromatic rings. The van der Waals surface area contributed by atoms with Gasteiger partial charge in [0, 0.05) is 18.7 Å². The fourth-order valence-electron chi connectivity index (χ4n) is 1.81. The van der Waals surface area contributed by atoms with E-state index in [-0.39, 0.29) is 27.8 Å². The molecule has 1 fully saturated rings. The summed E-state index contributed by atoms with van der Waals surface area (Å²) in [5.74, 6) is -1.68. The third-order valence-corrected chi connectivity index (χ3v) is 4.17. The molecule has 1 aliphatic rings. The van der Waals surface area contributed by atoms with Crippen LogP contribution in [0.5, 0.6) is 0 Å². The Morgan fingerprint density at radius 3 is 2.48 bits per heavy atom. The molecule has 0 bridgehead atoms. The van der Waals surface area contributed by atoms with Gasteiger partial charge in [-0.25, -0.2) is 0 Å². The standard InChI is InChI=1S/C12H10Cl2N2O5/c13-8-4-6(16(20)21)3-7(9(8)14)10(17)15-5-12(1-2-12)11(18)19/h3-4H,1-2,5H2,(H,15,17)(H,18,19). The highest BCUT2D eigenvalue weighted by Crippen LogP contribution is 2.45. The number of non-ortho nitro benzene ring substituents is 1. The molecule has 9 heteroatoms. The SMILES string of the molecule is O=C(NCC1(C(=O)O)CC1)c1cc([N+](=O)[O-])cc(Cl)c1Cl. The van der Waals surface area contributed by atoms with Gasteiger partial charge in [0.25, 0.3) is 11.6 Å². The number of nitrogens with one attached hydrogen (secondary N) is 1. The van der Waals surface area contributed by atoms with E-state index in [4.69, 9.17) is 28.3 Å². The molecule has 1 amide bonds. The van der Waals surface area contributed by atoms with E-state index in [1.54, 1.807) is 0 Å². The quantitative estimate of drug-likeness (QED) is 0.635. The van der Waals surface area contributed by atoms with Gasteiger partial charge in [0.2, 0.25) is 0 Å². The van der Waals surface area contributed by atoms with Gasteiger partial charge in [0.15, 0.2) is 0 Å². The summed E-state index contributed by atoms with van der Waals surface area (Å²) < 4.78 is 0. The van der Waals surface area contributed by atoms with E-state index in [9.17, 15) is 19.7 Å². The van der Waals surface area contributed by atoms with Crippen LogP contribution in [0.25, 0.3) is 0 Å². The Morgan fingerprint density at radius 1 is 1.38 bits per heavy atom. The molecular weight excluding hydrogens is 323 g/mol. The Morgan fingerprint density at radius 2 is 2.00 bits per heavy atom. The number of carboxylic acid groups (broad SMARTS) is 1. The van der Waals surface area contributed by atoms with E-state index in [2.05, 4.69) is 5.32 Å². The number of nitro groups is 1. The number of halogens is 2. The number of hydrogen-bond acceptors (Lipinski definition) is 4. The summed E-state index contributed by atoms with van der Waals surface area (Å²) in [6, 6.07) is 2.05. The van der Waals surface area contributed by atoms with Crippen LogP contribution in [0.4, 0.5) is 5.69 Å². The monoisotopic (exact) mass is 332 g/mol. The first-order valence-electron chi connectivity index (χ1n) is 5.92. The number of amides is 1. The maximum Gasteiger partial charge on any atom is 0.311 e. The number of nitrogens with zero attached hydrogens (tertiary/aromatic N) is 1. The minimum Gasteiger partial charge on any atom is -0.481 e. The molecule has 0 saturated heterocycles. The number of nitro benzene ring substituents is 1. The summed E-state index contributed by atoms with van der Waals surface area (Å²) in [6.07, 6.45) is 0.956. The molecule has 21 heavy (non-hydrogen) atoms. The van der Waals surface area contributed by atoms with Crippen LogP contribution in [0, 0.1) is 15.5 Å². The number of carboxylic acids is 1. The first-order valence-corrected chi connectivity index (χ1v) is 6.67. The molecule has 0 aliphatic heterocycles. The van der Waals surface area contributed by atoms with Gasteiger partial charge in [-0.1, -0.05) is 23.2 Å². The predicted molar refractivity (Wildman–Crippen MR) is 74.8 cm³/mol. The Bertz CT molecular complexity index is 643. The van der Waals surface area contributed by atoms with Gasteiger partial charge in [-0.05, 0) is 12.8 Å². The van der Waals surface area contributed by atoms with Crippen LogP contribution in [0.1, 0.15) is 23.2 Å². The summed E-state index contributed by atoms with van der Waals surface area (Å²) in [6.45, 7) is -0.0577. The van der Waals surface area contributed by atoms with Gasteiger partial charge >= 0.3 is 5.97 Å². The maximum absolute atomic E-state index is 12.0. The van der Waals surface area contributed by atoms with Crippen molar-refractivity contribution in [3.8, 4) is 0 Å². The average Bonchev–Trinajstić information content (AvgIpc) is 3.20. The van der Waals surface area contributed by atoms with E-state index in [1.807, 2.05) is 0 Å². The summed E-state index contributed by atoms with van der Waals surface area (Å²) >= 11 is 11.6. The van der Waals surface area contributed by atoms with Crippen LogP contribution in [0.2, 0.25) is 10.0 Å². The van der Waals surface area contributed by atoms with Gasteiger partial charge in [-0.2, -0.15) is 0 Å². The summed E-state index contributed by atoms with van der Waals surface area (Å²) in [7, 11) is 0.